The van der Waals surface area contributed by atoms with Crippen LogP contribution in [-0.2, 0) is 5.60 Å². The first-order chi connectivity index (χ1) is 12.0. The lowest BCUT2D eigenvalue weighted by atomic mass is 9.63. The van der Waals surface area contributed by atoms with Crippen molar-refractivity contribution in [1.82, 2.24) is 10.3 Å². The quantitative estimate of drug-likeness (QED) is 0.764. The van der Waals surface area contributed by atoms with Crippen LogP contribution in [0.25, 0.3) is 0 Å². The first-order valence-electron chi connectivity index (χ1n) is 8.93. The van der Waals surface area contributed by atoms with Crippen LogP contribution in [0.3, 0.4) is 0 Å². The molecule has 2 saturated heterocycles. The van der Waals surface area contributed by atoms with Gasteiger partial charge in [-0.2, -0.15) is 0 Å². The van der Waals surface area contributed by atoms with Crippen LogP contribution in [0.2, 0.25) is 0 Å². The van der Waals surface area contributed by atoms with E-state index in [1.807, 2.05) is 36.7 Å². The van der Waals surface area contributed by atoms with Gasteiger partial charge in [0.25, 0.3) is 0 Å². The van der Waals surface area contributed by atoms with Crippen LogP contribution < -0.4 is 10.2 Å². The number of rotatable bonds is 4. The molecule has 0 radical (unpaired) electrons. The third-order valence-electron chi connectivity index (χ3n) is 5.78. The van der Waals surface area contributed by atoms with E-state index in [2.05, 4.69) is 44.1 Å². The second kappa shape index (κ2) is 7.47. The van der Waals surface area contributed by atoms with Gasteiger partial charge in [0.05, 0.1) is 11.9 Å². The van der Waals surface area contributed by atoms with Crippen LogP contribution in [-0.4, -0.2) is 36.3 Å². The summed E-state index contributed by atoms with van der Waals surface area (Å²) < 4.78 is 1.01. The predicted molar refractivity (Wildman–Crippen MR) is 111 cm³/mol. The molecule has 0 amide bonds. The topological polar surface area (TPSA) is 48.4 Å². The van der Waals surface area contributed by atoms with E-state index in [4.69, 9.17) is 0 Å². The monoisotopic (exact) mass is 437 g/mol. The van der Waals surface area contributed by atoms with Gasteiger partial charge in [0, 0.05) is 47.8 Å². The smallest absolute Gasteiger partial charge is 0.124 e. The fraction of sp³-hybridized carbons (Fsp3) is 0.450. The van der Waals surface area contributed by atoms with E-state index in [0.717, 1.165) is 47.5 Å². The van der Waals surface area contributed by atoms with Crippen molar-refractivity contribution in [2.24, 2.45) is 5.41 Å². The van der Waals surface area contributed by atoms with E-state index in [1.54, 1.807) is 0 Å². The van der Waals surface area contributed by atoms with Crippen molar-refractivity contribution in [3.63, 3.8) is 0 Å². The number of benzene rings is 1. The zero-order chi connectivity index (χ0) is 17.5. The van der Waals surface area contributed by atoms with Gasteiger partial charge in [-0.05, 0) is 36.6 Å². The average molecular weight is 439 g/mol. The lowest BCUT2D eigenvalue weighted by molar-refractivity contribution is -0.0769. The predicted octanol–water partition coefficient (Wildman–Crippen LogP) is 3.71. The Hall–Kier alpha value is -1.14. The maximum Gasteiger partial charge on any atom is 0.124 e. The summed E-state index contributed by atoms with van der Waals surface area (Å²) in [5.74, 6) is 0. The average Bonchev–Trinajstić information content (AvgIpc) is 3.14. The van der Waals surface area contributed by atoms with Gasteiger partial charge in [-0.25, -0.2) is 0 Å². The highest BCUT2D eigenvalue weighted by Gasteiger charge is 2.53. The van der Waals surface area contributed by atoms with Gasteiger partial charge in [-0.3, -0.25) is 4.98 Å². The number of aliphatic hydroxyl groups is 1. The Balaban J connectivity index is 0.00000196. The second-order valence-corrected chi connectivity index (χ2v) is 8.42. The number of hydrogen-bond acceptors (Lipinski definition) is 4. The summed E-state index contributed by atoms with van der Waals surface area (Å²) in [5.41, 5.74) is 1.58. The molecular weight excluding hydrogens is 414 g/mol. The first kappa shape index (κ1) is 19.6. The van der Waals surface area contributed by atoms with Crippen molar-refractivity contribution in [2.75, 3.05) is 31.1 Å². The summed E-state index contributed by atoms with van der Waals surface area (Å²) in [6.07, 6.45) is 6.19. The largest absolute Gasteiger partial charge is 0.380 e. The van der Waals surface area contributed by atoms with Crippen LogP contribution in [0.1, 0.15) is 30.9 Å². The van der Waals surface area contributed by atoms with Gasteiger partial charge in [-0.15, -0.1) is 12.4 Å². The summed E-state index contributed by atoms with van der Waals surface area (Å²) in [6.45, 7) is 5.86. The molecule has 0 bridgehead atoms. The lowest BCUT2D eigenvalue weighted by Gasteiger charge is -2.52. The molecule has 4 rings (SSSR count). The van der Waals surface area contributed by atoms with Gasteiger partial charge < -0.3 is 15.3 Å². The van der Waals surface area contributed by atoms with Crippen molar-refractivity contribution in [2.45, 2.75) is 25.4 Å². The Kier molecular flexibility index (Phi) is 5.63. The minimum atomic E-state index is -1.07. The van der Waals surface area contributed by atoms with Crippen LogP contribution >= 0.6 is 28.3 Å². The Morgan fingerprint density at radius 3 is 2.35 bits per heavy atom. The highest BCUT2D eigenvalue weighted by atomic mass is 79.9. The summed E-state index contributed by atoms with van der Waals surface area (Å²) >= 11 is 3.49. The SMILES string of the molecule is CC1(C(O)(c2ccc(Br)cc2)c2cncc(N3CCCC3)c2)CNC1.Cl. The summed E-state index contributed by atoms with van der Waals surface area (Å²) in [4.78, 5) is 6.84. The normalized spacial score (nSPS) is 20.8. The van der Waals surface area contributed by atoms with E-state index in [9.17, 15) is 5.11 Å². The van der Waals surface area contributed by atoms with E-state index in [1.165, 1.54) is 12.8 Å². The summed E-state index contributed by atoms with van der Waals surface area (Å²) in [6, 6.07) is 10.1. The number of pyridine rings is 1. The van der Waals surface area contributed by atoms with Gasteiger partial charge in [-0.1, -0.05) is 35.0 Å². The molecule has 1 aromatic carbocycles. The molecule has 4 nitrogen and oxygen atoms in total. The lowest BCUT2D eigenvalue weighted by Crippen LogP contribution is -2.63. The molecule has 0 saturated carbocycles. The molecular formula is C20H25BrClN3O. The highest BCUT2D eigenvalue weighted by molar-refractivity contribution is 9.10. The molecule has 0 aliphatic carbocycles. The Morgan fingerprint density at radius 1 is 1.12 bits per heavy atom. The molecule has 6 heteroatoms. The molecule has 1 aromatic heterocycles. The van der Waals surface area contributed by atoms with Crippen molar-refractivity contribution in [1.29, 1.82) is 0 Å². The maximum atomic E-state index is 12.0. The molecule has 26 heavy (non-hydrogen) atoms. The number of aromatic nitrogens is 1. The molecule has 2 fully saturated rings. The van der Waals surface area contributed by atoms with Crippen molar-refractivity contribution in [3.8, 4) is 0 Å². The van der Waals surface area contributed by atoms with Crippen molar-refractivity contribution in [3.05, 3.63) is 58.3 Å². The molecule has 140 valence electrons. The minimum absolute atomic E-state index is 0. The fourth-order valence-electron chi connectivity index (χ4n) is 4.08. The zero-order valence-electron chi connectivity index (χ0n) is 14.9. The molecule has 0 spiro atoms. The number of nitrogens with one attached hydrogen (secondary N) is 1. The molecule has 1 unspecified atom stereocenters. The minimum Gasteiger partial charge on any atom is -0.380 e. The van der Waals surface area contributed by atoms with Gasteiger partial charge in [0.2, 0.25) is 0 Å². The van der Waals surface area contributed by atoms with Gasteiger partial charge in [0.15, 0.2) is 0 Å². The number of anilines is 1. The Morgan fingerprint density at radius 2 is 1.77 bits per heavy atom. The number of halogens is 2. The summed E-state index contributed by atoms with van der Waals surface area (Å²) in [7, 11) is 0. The number of hydrogen-bond donors (Lipinski definition) is 2. The van der Waals surface area contributed by atoms with Crippen LogP contribution in [0.4, 0.5) is 5.69 Å². The van der Waals surface area contributed by atoms with E-state index in [-0.39, 0.29) is 17.8 Å². The van der Waals surface area contributed by atoms with Gasteiger partial charge >= 0.3 is 0 Å². The van der Waals surface area contributed by atoms with E-state index >= 15 is 0 Å². The first-order valence-corrected chi connectivity index (χ1v) is 9.72. The number of nitrogens with zero attached hydrogens (tertiary/aromatic N) is 2. The standard InChI is InChI=1S/C20H24BrN3O.ClH/c1-19(13-23-14-19)20(25,15-4-6-17(21)7-5-15)16-10-18(12-22-11-16)24-8-2-3-9-24;/h4-7,10-12,23,25H,2-3,8-9,13-14H2,1H3;1H. The molecule has 2 N–H and O–H groups in total. The van der Waals surface area contributed by atoms with Gasteiger partial charge in [0.1, 0.15) is 5.60 Å². The van der Waals surface area contributed by atoms with Crippen LogP contribution in [0.15, 0.2) is 47.2 Å². The van der Waals surface area contributed by atoms with E-state index in [0.29, 0.717) is 0 Å². The second-order valence-electron chi connectivity index (χ2n) is 7.51. The molecule has 2 aliphatic heterocycles. The Bertz CT molecular complexity index is 760. The highest BCUT2D eigenvalue weighted by Crippen LogP contribution is 2.48. The van der Waals surface area contributed by atoms with Crippen molar-refractivity contribution < 1.29 is 5.11 Å². The van der Waals surface area contributed by atoms with Crippen molar-refractivity contribution >= 4 is 34.0 Å². The van der Waals surface area contributed by atoms with E-state index < -0.39 is 5.60 Å². The molecule has 2 aromatic rings. The van der Waals surface area contributed by atoms with Crippen LogP contribution in [0, 0.1) is 5.41 Å². The third-order valence-corrected chi connectivity index (χ3v) is 6.31. The zero-order valence-corrected chi connectivity index (χ0v) is 17.3. The Labute approximate surface area is 169 Å². The molecule has 3 heterocycles. The maximum absolute atomic E-state index is 12.0. The molecule has 1 atom stereocenters. The van der Waals surface area contributed by atoms with Crippen LogP contribution in [0.5, 0.6) is 0 Å². The summed E-state index contributed by atoms with van der Waals surface area (Å²) in [5, 5.41) is 15.3. The molecule has 2 aliphatic rings. The fourth-order valence-corrected chi connectivity index (χ4v) is 4.35. The third kappa shape index (κ3) is 3.15.